The Labute approximate surface area is 181 Å². The van der Waals surface area contributed by atoms with E-state index in [4.69, 9.17) is 9.15 Å². The lowest BCUT2D eigenvalue weighted by molar-refractivity contribution is -0.142. The maximum atomic E-state index is 11.9. The van der Waals surface area contributed by atoms with Gasteiger partial charge in [0.25, 0.3) is 0 Å². The third-order valence-corrected chi connectivity index (χ3v) is 3.74. The zero-order chi connectivity index (χ0) is 22.5. The smallest absolute Gasteiger partial charge is 0.343 e. The molecule has 0 aliphatic heterocycles. The van der Waals surface area contributed by atoms with Gasteiger partial charge in [-0.15, -0.1) is 0 Å². The van der Waals surface area contributed by atoms with Gasteiger partial charge in [0, 0.05) is 37.3 Å². The number of carbonyl (C=O) groups excluding carboxylic acids is 1. The molecule has 162 valence electrons. The average molecular weight is 433 g/mol. The molecule has 0 bridgehead atoms. The maximum Gasteiger partial charge on any atom is 0.343 e. The van der Waals surface area contributed by atoms with E-state index >= 15 is 0 Å². The molecule has 0 saturated heterocycles. The minimum absolute atomic E-state index is 0.205. The number of ether oxygens (including phenoxy) is 3. The first-order chi connectivity index (χ1) is 14.4. The summed E-state index contributed by atoms with van der Waals surface area (Å²) in [5.74, 6) is -0.0526. The summed E-state index contributed by atoms with van der Waals surface area (Å²) in [6.45, 7) is 1.79. The van der Waals surface area contributed by atoms with Gasteiger partial charge in [-0.05, 0) is 42.7 Å². The van der Waals surface area contributed by atoms with Crippen molar-refractivity contribution >= 4 is 28.7 Å². The first kappa shape index (κ1) is 25.3. The van der Waals surface area contributed by atoms with Crippen LogP contribution in [0, 0.1) is 6.92 Å². The van der Waals surface area contributed by atoms with Gasteiger partial charge in [-0.1, -0.05) is 24.3 Å². The molecule has 30 heavy (non-hydrogen) atoms. The molecule has 0 unspecified atom stereocenters. The van der Waals surface area contributed by atoms with Crippen molar-refractivity contribution in [3.63, 3.8) is 0 Å². The maximum absolute atomic E-state index is 11.9. The molecule has 3 aromatic rings. The summed E-state index contributed by atoms with van der Waals surface area (Å²) in [7, 11) is 4.54. The number of methoxy groups -OCH3 is 2. The molecular formula is C23H28O6S. The highest BCUT2D eigenvalue weighted by Crippen LogP contribution is 2.31. The molecule has 0 spiro atoms. The number of aryl methyl sites for hydroxylation is 1. The Balaban J connectivity index is 0.000000672. The van der Waals surface area contributed by atoms with Crippen LogP contribution in [-0.4, -0.2) is 46.4 Å². The second-order valence-electron chi connectivity index (χ2n) is 6.13. The molecule has 6 nitrogen and oxygen atoms in total. The van der Waals surface area contributed by atoms with Gasteiger partial charge in [0.2, 0.25) is 0 Å². The Morgan fingerprint density at radius 2 is 1.63 bits per heavy atom. The van der Waals surface area contributed by atoms with Gasteiger partial charge in [0.15, 0.2) is 6.61 Å². The number of esters is 1. The number of hydrogen-bond donors (Lipinski definition) is 0. The molecule has 1 heterocycles. The van der Waals surface area contributed by atoms with Gasteiger partial charge in [0.1, 0.15) is 11.3 Å². The minimum Gasteiger partial charge on any atom is -0.482 e. The summed E-state index contributed by atoms with van der Waals surface area (Å²) in [6, 6.07) is 14.5. The van der Waals surface area contributed by atoms with Crippen molar-refractivity contribution in [1.29, 1.82) is 0 Å². The zero-order valence-electron chi connectivity index (χ0n) is 18.2. The lowest BCUT2D eigenvalue weighted by Gasteiger charge is -2.10. The van der Waals surface area contributed by atoms with E-state index in [1.807, 2.05) is 49.8 Å². The van der Waals surface area contributed by atoms with Gasteiger partial charge >= 0.3 is 11.6 Å². The Morgan fingerprint density at radius 1 is 1.00 bits per heavy atom. The van der Waals surface area contributed by atoms with Crippen molar-refractivity contribution < 1.29 is 23.4 Å². The van der Waals surface area contributed by atoms with Crippen LogP contribution in [0.1, 0.15) is 5.56 Å². The molecule has 0 N–H and O–H groups in total. The molecule has 1 aromatic heterocycles. The van der Waals surface area contributed by atoms with Crippen LogP contribution in [0.3, 0.4) is 0 Å². The van der Waals surface area contributed by atoms with Crippen molar-refractivity contribution in [3.05, 3.63) is 64.5 Å². The third kappa shape index (κ3) is 7.57. The van der Waals surface area contributed by atoms with Crippen LogP contribution < -0.4 is 10.4 Å². The number of rotatable bonds is 4. The van der Waals surface area contributed by atoms with Crippen molar-refractivity contribution in [2.45, 2.75) is 6.92 Å². The standard InChI is InChI=1S/C19H16O5.C2H6O.C2H6S/c1-12-5-3-4-6-14(12)16-10-18(20)24-17-9-13(7-8-15(16)17)23-11-19(21)22-2;2*1-3-2/h3-10H,11H2,1-2H3;2*1-2H3. The number of thioether (sulfide) groups is 1. The first-order valence-corrected chi connectivity index (χ1v) is 10.7. The molecule has 0 amide bonds. The van der Waals surface area contributed by atoms with Crippen molar-refractivity contribution in [1.82, 2.24) is 0 Å². The second kappa shape index (κ2) is 13.5. The number of hydrogen-bond acceptors (Lipinski definition) is 7. The molecule has 2 aromatic carbocycles. The summed E-state index contributed by atoms with van der Waals surface area (Å²) < 4.78 is 19.4. The van der Waals surface area contributed by atoms with E-state index in [1.54, 1.807) is 38.1 Å². The fraction of sp³-hybridized carbons (Fsp3) is 0.304. The Kier molecular flexibility index (Phi) is 11.3. The molecule has 0 atom stereocenters. The summed E-state index contributed by atoms with van der Waals surface area (Å²) >= 11 is 1.75. The van der Waals surface area contributed by atoms with Crippen LogP contribution in [0.25, 0.3) is 22.1 Å². The molecule has 0 aliphatic rings. The zero-order valence-corrected chi connectivity index (χ0v) is 19.0. The molecule has 0 saturated carbocycles. The van der Waals surface area contributed by atoms with Crippen molar-refractivity contribution in [2.24, 2.45) is 0 Å². The fourth-order valence-electron chi connectivity index (χ4n) is 2.53. The van der Waals surface area contributed by atoms with Gasteiger partial charge in [-0.25, -0.2) is 9.59 Å². The summed E-state index contributed by atoms with van der Waals surface area (Å²) in [5.41, 5.74) is 2.81. The van der Waals surface area contributed by atoms with Crippen LogP contribution in [0.4, 0.5) is 0 Å². The topological polar surface area (TPSA) is 75.0 Å². The van der Waals surface area contributed by atoms with Gasteiger partial charge in [0.05, 0.1) is 7.11 Å². The quantitative estimate of drug-likeness (QED) is 0.442. The fourth-order valence-corrected chi connectivity index (χ4v) is 2.53. The molecule has 7 heteroatoms. The van der Waals surface area contributed by atoms with Gasteiger partial charge in [-0.3, -0.25) is 0 Å². The second-order valence-corrected chi connectivity index (χ2v) is 6.95. The lowest BCUT2D eigenvalue weighted by atomic mass is 9.98. The predicted molar refractivity (Wildman–Crippen MR) is 123 cm³/mol. The van der Waals surface area contributed by atoms with E-state index in [2.05, 4.69) is 9.47 Å². The van der Waals surface area contributed by atoms with E-state index in [9.17, 15) is 9.59 Å². The SMILES string of the molecule is COC.COC(=O)COc1ccc2c(-c3ccccc3C)cc(=O)oc2c1.CSC. The molecular weight excluding hydrogens is 404 g/mol. The minimum atomic E-state index is -0.481. The Morgan fingerprint density at radius 3 is 2.23 bits per heavy atom. The summed E-state index contributed by atoms with van der Waals surface area (Å²) in [6.07, 6.45) is 4.08. The molecule has 0 radical (unpaired) electrons. The van der Waals surface area contributed by atoms with Crippen molar-refractivity contribution in [3.8, 4) is 16.9 Å². The highest BCUT2D eigenvalue weighted by Gasteiger charge is 2.11. The first-order valence-electron chi connectivity index (χ1n) is 9.05. The van der Waals surface area contributed by atoms with E-state index in [0.29, 0.717) is 11.3 Å². The summed E-state index contributed by atoms with van der Waals surface area (Å²) in [4.78, 5) is 23.1. The largest absolute Gasteiger partial charge is 0.482 e. The molecule has 0 fully saturated rings. The van der Waals surface area contributed by atoms with E-state index in [-0.39, 0.29) is 6.61 Å². The van der Waals surface area contributed by atoms with Crippen LogP contribution in [-0.2, 0) is 14.3 Å². The number of carbonyl (C=O) groups is 1. The number of fused-ring (bicyclic) bond motifs is 1. The monoisotopic (exact) mass is 432 g/mol. The van der Waals surface area contributed by atoms with Gasteiger partial charge in [-0.2, -0.15) is 11.8 Å². The molecule has 3 rings (SSSR count). The highest BCUT2D eigenvalue weighted by atomic mass is 32.2. The van der Waals surface area contributed by atoms with Crippen LogP contribution in [0.15, 0.2) is 57.7 Å². The summed E-state index contributed by atoms with van der Waals surface area (Å²) in [5, 5.41) is 0.800. The normalized spacial score (nSPS) is 9.67. The molecule has 0 aliphatic carbocycles. The van der Waals surface area contributed by atoms with Crippen LogP contribution in [0.5, 0.6) is 5.75 Å². The third-order valence-electron chi connectivity index (χ3n) is 3.74. The highest BCUT2D eigenvalue weighted by molar-refractivity contribution is 7.97. The average Bonchev–Trinajstić information content (AvgIpc) is 2.72. The lowest BCUT2D eigenvalue weighted by Crippen LogP contribution is -2.12. The Hall–Kier alpha value is -2.77. The predicted octanol–water partition coefficient (Wildman–Crippen LogP) is 4.56. The van der Waals surface area contributed by atoms with Gasteiger partial charge < -0.3 is 18.6 Å². The van der Waals surface area contributed by atoms with E-state index in [0.717, 1.165) is 22.1 Å². The number of benzene rings is 2. The van der Waals surface area contributed by atoms with Crippen molar-refractivity contribution in [2.75, 3.05) is 40.4 Å². The van der Waals surface area contributed by atoms with E-state index < -0.39 is 11.6 Å². The van der Waals surface area contributed by atoms with Crippen LogP contribution in [0.2, 0.25) is 0 Å². The Bertz CT molecular complexity index is 994. The van der Waals surface area contributed by atoms with Crippen LogP contribution >= 0.6 is 11.8 Å². The van der Waals surface area contributed by atoms with E-state index in [1.165, 1.54) is 13.2 Å².